The first-order chi connectivity index (χ1) is 12.9. The molecule has 2 aromatic carbocycles. The molecule has 0 atom stereocenters. The lowest BCUT2D eigenvalue weighted by atomic mass is 10.1. The van der Waals surface area contributed by atoms with Gasteiger partial charge in [0.05, 0.1) is 23.1 Å². The van der Waals surface area contributed by atoms with Gasteiger partial charge in [0.2, 0.25) is 10.0 Å². The van der Waals surface area contributed by atoms with Gasteiger partial charge in [0.15, 0.2) is 0 Å². The van der Waals surface area contributed by atoms with Gasteiger partial charge in [0.25, 0.3) is 0 Å². The summed E-state index contributed by atoms with van der Waals surface area (Å²) in [5, 5.41) is 0. The Hall–Kier alpha value is -2.87. The van der Waals surface area contributed by atoms with E-state index in [0.29, 0.717) is 29.8 Å². The summed E-state index contributed by atoms with van der Waals surface area (Å²) in [6.45, 7) is 0.248. The SMILES string of the molecule is CS(=O)(=O)N1CCc2cc(C(=O)OCCOC(=O)c3ccccc3)ccc21. The third kappa shape index (κ3) is 4.46. The van der Waals surface area contributed by atoms with Crippen molar-refractivity contribution in [1.29, 1.82) is 0 Å². The molecule has 0 amide bonds. The van der Waals surface area contributed by atoms with Gasteiger partial charge in [-0.25, -0.2) is 18.0 Å². The van der Waals surface area contributed by atoms with Crippen LogP contribution in [0.25, 0.3) is 0 Å². The Kier molecular flexibility index (Phi) is 5.46. The highest BCUT2D eigenvalue weighted by atomic mass is 32.2. The molecule has 0 aliphatic carbocycles. The van der Waals surface area contributed by atoms with Gasteiger partial charge in [-0.2, -0.15) is 0 Å². The number of carbonyl (C=O) groups is 2. The fraction of sp³-hybridized carbons (Fsp3) is 0.263. The number of carbonyl (C=O) groups excluding carboxylic acids is 2. The number of sulfonamides is 1. The second-order valence-corrected chi connectivity index (χ2v) is 7.97. The second kappa shape index (κ2) is 7.79. The van der Waals surface area contributed by atoms with Crippen LogP contribution in [0.1, 0.15) is 26.3 Å². The number of hydrogen-bond donors (Lipinski definition) is 0. The lowest BCUT2D eigenvalue weighted by Crippen LogP contribution is -2.27. The Bertz CT molecular complexity index is 955. The van der Waals surface area contributed by atoms with Crippen molar-refractivity contribution in [2.75, 3.05) is 30.3 Å². The predicted octanol–water partition coefficient (Wildman–Crippen LogP) is 2.02. The van der Waals surface area contributed by atoms with Crippen molar-refractivity contribution in [2.45, 2.75) is 6.42 Å². The molecular formula is C19H19NO6S. The summed E-state index contributed by atoms with van der Waals surface area (Å²) in [4.78, 5) is 23.9. The second-order valence-electron chi connectivity index (χ2n) is 6.07. The highest BCUT2D eigenvalue weighted by molar-refractivity contribution is 7.92. The van der Waals surface area contributed by atoms with E-state index in [1.54, 1.807) is 42.5 Å². The van der Waals surface area contributed by atoms with E-state index in [-0.39, 0.29) is 13.2 Å². The van der Waals surface area contributed by atoms with Crippen molar-refractivity contribution in [2.24, 2.45) is 0 Å². The molecule has 0 aromatic heterocycles. The Balaban J connectivity index is 1.53. The van der Waals surface area contributed by atoms with Crippen LogP contribution in [0.3, 0.4) is 0 Å². The number of anilines is 1. The van der Waals surface area contributed by atoms with E-state index in [4.69, 9.17) is 9.47 Å². The van der Waals surface area contributed by atoms with E-state index in [0.717, 1.165) is 11.8 Å². The Labute approximate surface area is 157 Å². The van der Waals surface area contributed by atoms with Crippen LogP contribution in [0.2, 0.25) is 0 Å². The Morgan fingerprint density at radius 3 is 2.22 bits per heavy atom. The van der Waals surface area contributed by atoms with Crippen molar-refractivity contribution >= 4 is 27.6 Å². The number of ether oxygens (including phenoxy) is 2. The molecule has 0 saturated carbocycles. The molecule has 8 heteroatoms. The van der Waals surface area contributed by atoms with Gasteiger partial charge in [-0.1, -0.05) is 18.2 Å². The number of esters is 2. The summed E-state index contributed by atoms with van der Waals surface area (Å²) in [7, 11) is -3.33. The van der Waals surface area contributed by atoms with Crippen molar-refractivity contribution in [3.63, 3.8) is 0 Å². The van der Waals surface area contributed by atoms with Gasteiger partial charge >= 0.3 is 11.9 Å². The van der Waals surface area contributed by atoms with E-state index >= 15 is 0 Å². The minimum Gasteiger partial charge on any atom is -0.458 e. The van der Waals surface area contributed by atoms with Crippen LogP contribution in [0.4, 0.5) is 5.69 Å². The average Bonchev–Trinajstić information content (AvgIpc) is 3.09. The monoisotopic (exact) mass is 389 g/mol. The van der Waals surface area contributed by atoms with Crippen molar-refractivity contribution < 1.29 is 27.5 Å². The van der Waals surface area contributed by atoms with Gasteiger partial charge < -0.3 is 9.47 Å². The maximum atomic E-state index is 12.1. The average molecular weight is 389 g/mol. The number of fused-ring (bicyclic) bond motifs is 1. The van der Waals surface area contributed by atoms with Crippen molar-refractivity contribution in [3.05, 3.63) is 65.2 Å². The number of benzene rings is 2. The topological polar surface area (TPSA) is 90.0 Å². The molecule has 7 nitrogen and oxygen atoms in total. The van der Waals surface area contributed by atoms with Gasteiger partial charge in [0, 0.05) is 6.54 Å². The molecule has 2 aromatic rings. The summed E-state index contributed by atoms with van der Waals surface area (Å²) in [5.41, 5.74) is 2.13. The maximum Gasteiger partial charge on any atom is 0.338 e. The molecule has 27 heavy (non-hydrogen) atoms. The lowest BCUT2D eigenvalue weighted by molar-refractivity contribution is 0.0265. The molecule has 142 valence electrons. The van der Waals surface area contributed by atoms with E-state index in [1.807, 2.05) is 0 Å². The van der Waals surface area contributed by atoms with E-state index in [2.05, 4.69) is 0 Å². The molecule has 1 heterocycles. The molecule has 3 rings (SSSR count). The Morgan fingerprint density at radius 2 is 1.59 bits per heavy atom. The fourth-order valence-corrected chi connectivity index (χ4v) is 3.81. The molecule has 0 fully saturated rings. The molecule has 1 aliphatic rings. The minimum absolute atomic E-state index is 0.0493. The fourth-order valence-electron chi connectivity index (χ4n) is 2.85. The standard InChI is InChI=1S/C19H19NO6S/c1-27(23,24)20-10-9-15-13-16(7-8-17(15)20)19(22)26-12-11-25-18(21)14-5-3-2-4-6-14/h2-8,13H,9-12H2,1H3. The summed E-state index contributed by atoms with van der Waals surface area (Å²) >= 11 is 0. The van der Waals surface area contributed by atoms with Crippen molar-refractivity contribution in [1.82, 2.24) is 0 Å². The van der Waals surface area contributed by atoms with E-state index < -0.39 is 22.0 Å². The normalized spacial score (nSPS) is 13.1. The number of rotatable bonds is 6. The zero-order valence-electron chi connectivity index (χ0n) is 14.8. The first-order valence-corrected chi connectivity index (χ1v) is 10.2. The molecule has 1 aliphatic heterocycles. The van der Waals surface area contributed by atoms with Crippen LogP contribution < -0.4 is 4.31 Å². The first kappa shape index (κ1) is 18.9. The zero-order chi connectivity index (χ0) is 19.4. The van der Waals surface area contributed by atoms with Crippen LogP contribution >= 0.6 is 0 Å². The zero-order valence-corrected chi connectivity index (χ0v) is 15.6. The highest BCUT2D eigenvalue weighted by Gasteiger charge is 2.26. The summed E-state index contributed by atoms with van der Waals surface area (Å²) < 4.78 is 35.0. The van der Waals surface area contributed by atoms with Gasteiger partial charge in [-0.3, -0.25) is 4.31 Å². The van der Waals surface area contributed by atoms with Crippen LogP contribution in [0.15, 0.2) is 48.5 Å². The van der Waals surface area contributed by atoms with Crippen LogP contribution in [-0.2, 0) is 25.9 Å². The van der Waals surface area contributed by atoms with Gasteiger partial charge in [-0.05, 0) is 42.3 Å². The number of nitrogens with zero attached hydrogens (tertiary/aromatic N) is 1. The summed E-state index contributed by atoms with van der Waals surface area (Å²) in [6.07, 6.45) is 1.69. The van der Waals surface area contributed by atoms with Crippen LogP contribution in [0.5, 0.6) is 0 Å². The quantitative estimate of drug-likeness (QED) is 0.555. The molecule has 0 saturated heterocycles. The molecule has 0 N–H and O–H groups in total. The largest absolute Gasteiger partial charge is 0.458 e. The van der Waals surface area contributed by atoms with Gasteiger partial charge in [0.1, 0.15) is 13.2 Å². The van der Waals surface area contributed by atoms with Gasteiger partial charge in [-0.15, -0.1) is 0 Å². The molecule has 0 bridgehead atoms. The van der Waals surface area contributed by atoms with Crippen LogP contribution in [0, 0.1) is 0 Å². The van der Waals surface area contributed by atoms with Crippen molar-refractivity contribution in [3.8, 4) is 0 Å². The Morgan fingerprint density at radius 1 is 0.963 bits per heavy atom. The third-order valence-corrected chi connectivity index (χ3v) is 5.31. The number of hydrogen-bond acceptors (Lipinski definition) is 6. The molecule has 0 radical (unpaired) electrons. The molecule has 0 spiro atoms. The van der Waals surface area contributed by atoms with E-state index in [9.17, 15) is 18.0 Å². The molecule has 0 unspecified atom stereocenters. The predicted molar refractivity (Wildman–Crippen MR) is 99.3 cm³/mol. The minimum atomic E-state index is -3.33. The smallest absolute Gasteiger partial charge is 0.338 e. The summed E-state index contributed by atoms with van der Waals surface area (Å²) in [6, 6.07) is 13.3. The lowest BCUT2D eigenvalue weighted by Gasteiger charge is -2.16. The highest BCUT2D eigenvalue weighted by Crippen LogP contribution is 2.30. The summed E-state index contributed by atoms with van der Waals surface area (Å²) in [5.74, 6) is -1.03. The first-order valence-electron chi connectivity index (χ1n) is 8.36. The third-order valence-electron chi connectivity index (χ3n) is 4.13. The molecular weight excluding hydrogens is 370 g/mol. The maximum absolute atomic E-state index is 12.1. The van der Waals surface area contributed by atoms with Crippen LogP contribution in [-0.4, -0.2) is 46.4 Å². The van der Waals surface area contributed by atoms with E-state index in [1.165, 1.54) is 10.4 Å².